The molecule has 1 aromatic heterocycles. The van der Waals surface area contributed by atoms with Crippen molar-refractivity contribution in [2.75, 3.05) is 32.0 Å². The number of pyridine rings is 1. The number of aromatic nitrogens is 1. The molecule has 0 saturated heterocycles. The lowest BCUT2D eigenvalue weighted by Crippen LogP contribution is -2.35. The zero-order valence-electron chi connectivity index (χ0n) is 16.7. The number of rotatable bonds is 9. The van der Waals surface area contributed by atoms with E-state index in [2.05, 4.69) is 10.3 Å². The highest BCUT2D eigenvalue weighted by Gasteiger charge is 2.26. The van der Waals surface area contributed by atoms with Gasteiger partial charge in [0.25, 0.3) is 0 Å². The molecule has 2 aromatic rings. The maximum Gasteiger partial charge on any atom is 0.244 e. The SMILES string of the molecule is CCN(CC)S(=O)(=O)c1cc(NC(=O)CN(C)S(=O)(=O)c2cccnc2)ccc1Cl. The van der Waals surface area contributed by atoms with Gasteiger partial charge in [-0.1, -0.05) is 25.4 Å². The minimum absolute atomic E-state index is 0.0242. The van der Waals surface area contributed by atoms with Crippen LogP contribution in [0.4, 0.5) is 5.69 Å². The first-order valence-corrected chi connectivity index (χ1v) is 12.3. The minimum Gasteiger partial charge on any atom is -0.325 e. The molecule has 0 spiro atoms. The Balaban J connectivity index is 2.20. The van der Waals surface area contributed by atoms with Gasteiger partial charge < -0.3 is 5.32 Å². The van der Waals surface area contributed by atoms with Gasteiger partial charge in [-0.05, 0) is 30.3 Å². The Labute approximate surface area is 181 Å². The Morgan fingerprint density at radius 2 is 1.77 bits per heavy atom. The highest BCUT2D eigenvalue weighted by atomic mass is 35.5. The molecule has 0 bridgehead atoms. The Kier molecular flexibility index (Phi) is 7.94. The van der Waals surface area contributed by atoms with Gasteiger partial charge in [0.05, 0.1) is 11.6 Å². The first-order chi connectivity index (χ1) is 14.0. The van der Waals surface area contributed by atoms with Crippen molar-refractivity contribution in [2.24, 2.45) is 0 Å². The third kappa shape index (κ3) is 5.35. The number of halogens is 1. The molecule has 0 aliphatic rings. The van der Waals surface area contributed by atoms with Crippen molar-refractivity contribution >= 4 is 43.2 Å². The maximum atomic E-state index is 12.8. The lowest BCUT2D eigenvalue weighted by Gasteiger charge is -2.20. The molecule has 0 aliphatic heterocycles. The molecule has 0 unspecified atom stereocenters. The van der Waals surface area contributed by atoms with Gasteiger partial charge in [0.2, 0.25) is 26.0 Å². The van der Waals surface area contributed by atoms with Crippen LogP contribution in [0.25, 0.3) is 0 Å². The van der Waals surface area contributed by atoms with Crippen molar-refractivity contribution in [1.82, 2.24) is 13.6 Å². The topological polar surface area (TPSA) is 117 Å². The third-order valence-electron chi connectivity index (χ3n) is 4.25. The monoisotopic (exact) mass is 474 g/mol. The smallest absolute Gasteiger partial charge is 0.244 e. The first kappa shape index (κ1) is 24.2. The summed E-state index contributed by atoms with van der Waals surface area (Å²) in [6, 6.07) is 6.91. The molecule has 1 amide bonds. The number of likely N-dealkylation sites (N-methyl/N-ethyl adjacent to an activating group) is 1. The molecule has 2 rings (SSSR count). The zero-order chi connectivity index (χ0) is 22.5. The zero-order valence-corrected chi connectivity index (χ0v) is 19.1. The van der Waals surface area contributed by atoms with Gasteiger partial charge in [-0.25, -0.2) is 16.8 Å². The summed E-state index contributed by atoms with van der Waals surface area (Å²) in [7, 11) is -6.47. The highest BCUT2D eigenvalue weighted by molar-refractivity contribution is 7.89. The minimum atomic E-state index is -3.90. The summed E-state index contributed by atoms with van der Waals surface area (Å²) in [4.78, 5) is 16.0. The fourth-order valence-electron chi connectivity index (χ4n) is 2.65. The molecule has 30 heavy (non-hydrogen) atoms. The van der Waals surface area contributed by atoms with Gasteiger partial charge in [-0.15, -0.1) is 0 Å². The molecule has 1 heterocycles. The van der Waals surface area contributed by atoms with E-state index in [1.807, 2.05) is 0 Å². The second-order valence-electron chi connectivity index (χ2n) is 6.23. The van der Waals surface area contributed by atoms with Gasteiger partial charge in [0.15, 0.2) is 0 Å². The number of nitrogens with zero attached hydrogens (tertiary/aromatic N) is 3. The summed E-state index contributed by atoms with van der Waals surface area (Å²) in [5.74, 6) is -0.640. The summed E-state index contributed by atoms with van der Waals surface area (Å²) in [6.45, 7) is 3.47. The lowest BCUT2D eigenvalue weighted by atomic mass is 10.3. The second kappa shape index (κ2) is 9.84. The van der Waals surface area contributed by atoms with Crippen LogP contribution in [-0.2, 0) is 24.8 Å². The van der Waals surface area contributed by atoms with Gasteiger partial charge >= 0.3 is 0 Å². The van der Waals surface area contributed by atoms with E-state index in [1.165, 1.54) is 54.1 Å². The number of amides is 1. The van der Waals surface area contributed by atoms with E-state index in [4.69, 9.17) is 11.6 Å². The van der Waals surface area contributed by atoms with Crippen LogP contribution in [0, 0.1) is 0 Å². The molecule has 9 nitrogen and oxygen atoms in total. The van der Waals surface area contributed by atoms with Gasteiger partial charge in [-0.3, -0.25) is 9.78 Å². The van der Waals surface area contributed by atoms with E-state index >= 15 is 0 Å². The van der Waals surface area contributed by atoms with Crippen LogP contribution in [0.3, 0.4) is 0 Å². The van der Waals surface area contributed by atoms with Crippen LogP contribution in [0.1, 0.15) is 13.8 Å². The van der Waals surface area contributed by atoms with Crippen molar-refractivity contribution in [3.8, 4) is 0 Å². The molecule has 164 valence electrons. The highest BCUT2D eigenvalue weighted by Crippen LogP contribution is 2.27. The van der Waals surface area contributed by atoms with Crippen molar-refractivity contribution in [3.63, 3.8) is 0 Å². The van der Waals surface area contributed by atoms with E-state index in [-0.39, 0.29) is 33.6 Å². The predicted octanol–water partition coefficient (Wildman–Crippen LogP) is 2.02. The number of carbonyl (C=O) groups is 1. The van der Waals surface area contributed by atoms with E-state index in [9.17, 15) is 21.6 Å². The third-order valence-corrected chi connectivity index (χ3v) is 8.57. The number of anilines is 1. The van der Waals surface area contributed by atoms with Gasteiger partial charge in [0.1, 0.15) is 9.79 Å². The van der Waals surface area contributed by atoms with Crippen molar-refractivity contribution < 1.29 is 21.6 Å². The number of hydrogen-bond donors (Lipinski definition) is 1. The predicted molar refractivity (Wildman–Crippen MR) is 114 cm³/mol. The molecule has 0 saturated carbocycles. The van der Waals surface area contributed by atoms with Gasteiger partial charge in [-0.2, -0.15) is 8.61 Å². The molecule has 0 aliphatic carbocycles. The average molecular weight is 475 g/mol. The second-order valence-corrected chi connectivity index (χ2v) is 10.6. The van der Waals surface area contributed by atoms with E-state index < -0.39 is 32.5 Å². The first-order valence-electron chi connectivity index (χ1n) is 9.00. The van der Waals surface area contributed by atoms with E-state index in [0.717, 1.165) is 4.31 Å². The normalized spacial score (nSPS) is 12.3. The van der Waals surface area contributed by atoms with Crippen molar-refractivity contribution in [3.05, 3.63) is 47.7 Å². The van der Waals surface area contributed by atoms with Gasteiger partial charge in [0, 0.05) is 38.2 Å². The maximum absolute atomic E-state index is 12.8. The largest absolute Gasteiger partial charge is 0.325 e. The number of benzene rings is 1. The molecule has 0 atom stereocenters. The van der Waals surface area contributed by atoms with Crippen LogP contribution in [-0.4, -0.2) is 63.0 Å². The molecule has 12 heteroatoms. The molecular formula is C18H23ClN4O5S2. The van der Waals surface area contributed by atoms with E-state index in [0.29, 0.717) is 0 Å². The number of carbonyl (C=O) groups excluding carboxylic acids is 1. The summed E-state index contributed by atoms with van der Waals surface area (Å²) >= 11 is 6.08. The Morgan fingerprint density at radius 1 is 1.10 bits per heavy atom. The van der Waals surface area contributed by atoms with Crippen LogP contribution >= 0.6 is 11.6 Å². The lowest BCUT2D eigenvalue weighted by molar-refractivity contribution is -0.116. The number of nitrogens with one attached hydrogen (secondary N) is 1. The fraction of sp³-hybridized carbons (Fsp3) is 0.333. The summed E-state index contributed by atoms with van der Waals surface area (Å²) < 4.78 is 52.6. The van der Waals surface area contributed by atoms with E-state index in [1.54, 1.807) is 13.8 Å². The molecule has 1 aromatic carbocycles. The van der Waals surface area contributed by atoms with Crippen LogP contribution in [0.5, 0.6) is 0 Å². The Morgan fingerprint density at radius 3 is 2.33 bits per heavy atom. The quantitative estimate of drug-likeness (QED) is 0.594. The molecule has 0 radical (unpaired) electrons. The van der Waals surface area contributed by atoms with Crippen LogP contribution in [0.2, 0.25) is 5.02 Å². The number of hydrogen-bond acceptors (Lipinski definition) is 6. The molecular weight excluding hydrogens is 452 g/mol. The van der Waals surface area contributed by atoms with Crippen LogP contribution < -0.4 is 5.32 Å². The molecule has 0 fully saturated rings. The molecule has 1 N–H and O–H groups in total. The summed E-state index contributed by atoms with van der Waals surface area (Å²) in [5.41, 5.74) is 0.183. The van der Waals surface area contributed by atoms with Crippen LogP contribution in [0.15, 0.2) is 52.5 Å². The Bertz CT molecular complexity index is 1100. The summed E-state index contributed by atoms with van der Waals surface area (Å²) in [6.07, 6.45) is 2.63. The Hall–Kier alpha value is -2.05. The van der Waals surface area contributed by atoms with Crippen molar-refractivity contribution in [2.45, 2.75) is 23.6 Å². The standard InChI is InChI=1S/C18H23ClN4O5S2/c1-4-23(5-2)30(27,28)17-11-14(8-9-16(17)19)21-18(24)13-22(3)29(25,26)15-7-6-10-20-12-15/h6-12H,4-5,13H2,1-3H3,(H,21,24). The number of sulfonamides is 2. The average Bonchev–Trinajstić information content (AvgIpc) is 2.70. The van der Waals surface area contributed by atoms with Crippen molar-refractivity contribution in [1.29, 1.82) is 0 Å². The fourth-order valence-corrected chi connectivity index (χ4v) is 5.70. The summed E-state index contributed by atoms with van der Waals surface area (Å²) in [5, 5.41) is 2.53.